The molecule has 29 heavy (non-hydrogen) atoms. The van der Waals surface area contributed by atoms with E-state index in [1.54, 1.807) is 28.1 Å². The third kappa shape index (κ3) is 4.17. The van der Waals surface area contributed by atoms with Crippen LogP contribution in [0.25, 0.3) is 20.8 Å². The van der Waals surface area contributed by atoms with Crippen molar-refractivity contribution in [3.8, 4) is 10.6 Å². The van der Waals surface area contributed by atoms with E-state index >= 15 is 0 Å². The van der Waals surface area contributed by atoms with Gasteiger partial charge in [0, 0.05) is 31.7 Å². The fraction of sp³-hybridized carbons (Fsp3) is 0.286. The largest absolute Gasteiger partial charge is 0.450 e. The van der Waals surface area contributed by atoms with Crippen molar-refractivity contribution in [1.82, 2.24) is 14.8 Å². The average Bonchev–Trinajstić information content (AvgIpc) is 3.18. The van der Waals surface area contributed by atoms with E-state index in [9.17, 15) is 9.59 Å². The number of benzene rings is 2. The van der Waals surface area contributed by atoms with E-state index in [1.807, 2.05) is 48.5 Å². The minimum absolute atomic E-state index is 0.179. The molecule has 0 saturated carbocycles. The average molecular weight is 410 g/mol. The topological polar surface area (TPSA) is 74.8 Å². The lowest BCUT2D eigenvalue weighted by molar-refractivity contribution is 0.0869. The maximum atomic E-state index is 12.8. The SMILES string of the molecule is CCOC(=O)N1CCN(C(=O)Nc2ccccc2-c2nc3ccccc3s2)CC1. The van der Waals surface area contributed by atoms with Gasteiger partial charge in [0.15, 0.2) is 0 Å². The highest BCUT2D eigenvalue weighted by Gasteiger charge is 2.25. The van der Waals surface area contributed by atoms with Crippen LogP contribution in [-0.2, 0) is 4.74 Å². The van der Waals surface area contributed by atoms with Crippen molar-refractivity contribution >= 4 is 39.4 Å². The van der Waals surface area contributed by atoms with Crippen LogP contribution in [0.1, 0.15) is 6.92 Å². The number of fused-ring (bicyclic) bond motifs is 1. The highest BCUT2D eigenvalue weighted by atomic mass is 32.1. The smallest absolute Gasteiger partial charge is 0.409 e. The molecule has 4 rings (SSSR count). The van der Waals surface area contributed by atoms with Crippen LogP contribution in [0.4, 0.5) is 15.3 Å². The van der Waals surface area contributed by atoms with Crippen molar-refractivity contribution in [3.05, 3.63) is 48.5 Å². The highest BCUT2D eigenvalue weighted by molar-refractivity contribution is 7.21. The van der Waals surface area contributed by atoms with Gasteiger partial charge in [-0.2, -0.15) is 0 Å². The molecule has 0 atom stereocenters. The molecule has 0 radical (unpaired) electrons. The number of rotatable bonds is 3. The molecule has 0 spiro atoms. The van der Waals surface area contributed by atoms with Gasteiger partial charge in [-0.25, -0.2) is 14.6 Å². The number of hydrogen-bond donors (Lipinski definition) is 1. The van der Waals surface area contributed by atoms with Crippen molar-refractivity contribution in [2.75, 3.05) is 38.1 Å². The Kier molecular flexibility index (Phi) is 5.62. The number of nitrogens with zero attached hydrogens (tertiary/aromatic N) is 3. The molecular formula is C21H22N4O3S. The number of aromatic nitrogens is 1. The van der Waals surface area contributed by atoms with E-state index in [1.165, 1.54) is 0 Å². The number of hydrogen-bond acceptors (Lipinski definition) is 5. The van der Waals surface area contributed by atoms with Gasteiger partial charge in [-0.3, -0.25) is 0 Å². The second-order valence-electron chi connectivity index (χ2n) is 6.64. The molecular weight excluding hydrogens is 388 g/mol. The molecule has 150 valence electrons. The number of piperazine rings is 1. The Morgan fingerprint density at radius 2 is 1.72 bits per heavy atom. The Morgan fingerprint density at radius 1 is 1.03 bits per heavy atom. The Bertz CT molecular complexity index is 994. The molecule has 3 amide bonds. The molecule has 0 bridgehead atoms. The summed E-state index contributed by atoms with van der Waals surface area (Å²) in [5.74, 6) is 0. The number of para-hydroxylation sites is 2. The monoisotopic (exact) mass is 410 g/mol. The van der Waals surface area contributed by atoms with Crippen molar-refractivity contribution in [3.63, 3.8) is 0 Å². The molecule has 7 nitrogen and oxygen atoms in total. The molecule has 8 heteroatoms. The van der Waals surface area contributed by atoms with Crippen molar-refractivity contribution in [1.29, 1.82) is 0 Å². The van der Waals surface area contributed by atoms with Crippen LogP contribution in [0.3, 0.4) is 0 Å². The molecule has 1 aromatic heterocycles. The minimum atomic E-state index is -0.325. The van der Waals surface area contributed by atoms with E-state index in [-0.39, 0.29) is 12.1 Å². The number of anilines is 1. The summed E-state index contributed by atoms with van der Waals surface area (Å²) in [6, 6.07) is 15.5. The second-order valence-corrected chi connectivity index (χ2v) is 7.67. The van der Waals surface area contributed by atoms with Crippen LogP contribution in [0.2, 0.25) is 0 Å². The van der Waals surface area contributed by atoms with Gasteiger partial charge in [0.25, 0.3) is 0 Å². The summed E-state index contributed by atoms with van der Waals surface area (Å²) in [4.78, 5) is 32.7. The molecule has 1 aliphatic rings. The second kappa shape index (κ2) is 8.48. The fourth-order valence-corrected chi connectivity index (χ4v) is 4.27. The summed E-state index contributed by atoms with van der Waals surface area (Å²) in [7, 11) is 0. The standard InChI is InChI=1S/C21H22N4O3S/c1-2-28-21(27)25-13-11-24(12-14-25)20(26)23-16-8-4-3-7-15(16)19-22-17-9-5-6-10-18(17)29-19/h3-10H,2,11-14H2,1H3,(H,23,26). The summed E-state index contributed by atoms with van der Waals surface area (Å²) >= 11 is 1.60. The zero-order valence-corrected chi connectivity index (χ0v) is 16.9. The van der Waals surface area contributed by atoms with Crippen LogP contribution >= 0.6 is 11.3 Å². The molecule has 1 saturated heterocycles. The maximum absolute atomic E-state index is 12.8. The van der Waals surface area contributed by atoms with Gasteiger partial charge in [-0.05, 0) is 31.2 Å². The van der Waals surface area contributed by atoms with Crippen LogP contribution in [0, 0.1) is 0 Å². The number of nitrogens with one attached hydrogen (secondary N) is 1. The quantitative estimate of drug-likeness (QED) is 0.700. The van der Waals surface area contributed by atoms with Gasteiger partial charge in [-0.1, -0.05) is 24.3 Å². The first kappa shape index (κ1) is 19.2. The molecule has 3 aromatic rings. The number of ether oxygens (including phenoxy) is 1. The third-order valence-electron chi connectivity index (χ3n) is 4.79. The van der Waals surface area contributed by atoms with Crippen LogP contribution in [0.5, 0.6) is 0 Å². The van der Waals surface area contributed by atoms with Crippen molar-refractivity contribution in [2.24, 2.45) is 0 Å². The van der Waals surface area contributed by atoms with Gasteiger partial charge in [0.05, 0.1) is 22.5 Å². The van der Waals surface area contributed by atoms with Gasteiger partial charge in [-0.15, -0.1) is 11.3 Å². The molecule has 1 N–H and O–H groups in total. The highest BCUT2D eigenvalue weighted by Crippen LogP contribution is 2.34. The van der Waals surface area contributed by atoms with E-state index in [0.717, 1.165) is 26.5 Å². The predicted octanol–water partition coefficient (Wildman–Crippen LogP) is 4.27. The molecule has 2 aromatic carbocycles. The van der Waals surface area contributed by atoms with Crippen LogP contribution in [0.15, 0.2) is 48.5 Å². The first-order valence-corrected chi connectivity index (χ1v) is 10.4. The van der Waals surface area contributed by atoms with Crippen LogP contribution in [-0.4, -0.2) is 59.7 Å². The normalized spacial score (nSPS) is 14.1. The molecule has 0 unspecified atom stereocenters. The summed E-state index contributed by atoms with van der Waals surface area (Å²) < 4.78 is 6.13. The number of amides is 3. The lowest BCUT2D eigenvalue weighted by atomic mass is 10.2. The minimum Gasteiger partial charge on any atom is -0.450 e. The first-order valence-electron chi connectivity index (χ1n) is 9.58. The van der Waals surface area contributed by atoms with E-state index in [4.69, 9.17) is 9.72 Å². The van der Waals surface area contributed by atoms with E-state index in [2.05, 4.69) is 5.32 Å². The number of carbonyl (C=O) groups excluding carboxylic acids is 2. The lowest BCUT2D eigenvalue weighted by Crippen LogP contribution is -2.51. The van der Waals surface area contributed by atoms with E-state index < -0.39 is 0 Å². The Hall–Kier alpha value is -3.13. The van der Waals surface area contributed by atoms with Gasteiger partial charge < -0.3 is 19.9 Å². The van der Waals surface area contributed by atoms with Gasteiger partial charge in [0.1, 0.15) is 5.01 Å². The lowest BCUT2D eigenvalue weighted by Gasteiger charge is -2.34. The molecule has 2 heterocycles. The van der Waals surface area contributed by atoms with Crippen LogP contribution < -0.4 is 5.32 Å². The Labute approximate surface area is 172 Å². The molecule has 0 aliphatic carbocycles. The third-order valence-corrected chi connectivity index (χ3v) is 5.86. The number of urea groups is 1. The Morgan fingerprint density at radius 3 is 2.48 bits per heavy atom. The number of carbonyl (C=O) groups is 2. The van der Waals surface area contributed by atoms with Gasteiger partial charge >= 0.3 is 12.1 Å². The number of thiazole rings is 1. The fourth-order valence-electron chi connectivity index (χ4n) is 3.27. The summed E-state index contributed by atoms with van der Waals surface area (Å²) in [5.41, 5.74) is 2.57. The van der Waals surface area contributed by atoms with Gasteiger partial charge in [0.2, 0.25) is 0 Å². The zero-order valence-electron chi connectivity index (χ0n) is 16.1. The Balaban J connectivity index is 1.46. The summed E-state index contributed by atoms with van der Waals surface area (Å²) in [6.45, 7) is 3.99. The van der Waals surface area contributed by atoms with Crippen molar-refractivity contribution in [2.45, 2.75) is 6.92 Å². The maximum Gasteiger partial charge on any atom is 0.409 e. The zero-order chi connectivity index (χ0) is 20.2. The van der Waals surface area contributed by atoms with Crippen molar-refractivity contribution < 1.29 is 14.3 Å². The predicted molar refractivity (Wildman–Crippen MR) is 114 cm³/mol. The first-order chi connectivity index (χ1) is 14.2. The van der Waals surface area contributed by atoms with E-state index in [0.29, 0.717) is 32.8 Å². The summed E-state index contributed by atoms with van der Waals surface area (Å²) in [5, 5.41) is 3.88. The summed E-state index contributed by atoms with van der Waals surface area (Å²) in [6.07, 6.45) is -0.325. The molecule has 1 aliphatic heterocycles. The molecule has 1 fully saturated rings.